The van der Waals surface area contributed by atoms with Crippen molar-refractivity contribution >= 4 is 21.1 Å². The Kier molecular flexibility index (Phi) is 2.36. The molecule has 134 valence electrons. The number of H-pyrrole nitrogens is 1. The van der Waals surface area contributed by atoms with Crippen molar-refractivity contribution in [2.45, 2.75) is 18.8 Å². The normalized spacial score (nSPS) is 27.7. The van der Waals surface area contributed by atoms with Crippen molar-refractivity contribution in [3.8, 4) is 17.3 Å². The summed E-state index contributed by atoms with van der Waals surface area (Å²) >= 11 is 0. The fourth-order valence-electron chi connectivity index (χ4n) is 2.87. The molecule has 1 N–H and O–H groups in total. The first kappa shape index (κ1) is 10.4. The van der Waals surface area contributed by atoms with Crippen LogP contribution in [0.5, 0.6) is 0 Å². The molecule has 1 atom stereocenters. The highest BCUT2D eigenvalue weighted by molar-refractivity contribution is 7.89. The third kappa shape index (κ3) is 2.48. The van der Waals surface area contributed by atoms with Crippen LogP contribution in [0, 0.1) is 11.3 Å². The van der Waals surface area contributed by atoms with Gasteiger partial charge in [0.05, 0.1) is 30.1 Å². The largest absolute Gasteiger partial charge is 0.346 e. The van der Waals surface area contributed by atoms with Gasteiger partial charge in [-0.3, -0.25) is 4.68 Å². The van der Waals surface area contributed by atoms with Crippen LogP contribution in [0.25, 0.3) is 22.3 Å². The van der Waals surface area contributed by atoms with Crippen LogP contribution in [-0.4, -0.2) is 56.2 Å². The van der Waals surface area contributed by atoms with Crippen LogP contribution in [0.1, 0.15) is 22.9 Å². The van der Waals surface area contributed by atoms with Crippen LogP contribution in [0.4, 0.5) is 0 Å². The van der Waals surface area contributed by atoms with E-state index < -0.39 is 47.6 Å². The smallest absolute Gasteiger partial charge is 0.213 e. The second-order valence-corrected chi connectivity index (χ2v) is 7.32. The molecule has 10 heteroatoms. The highest BCUT2D eigenvalue weighted by Gasteiger charge is 2.49. The van der Waals surface area contributed by atoms with Crippen molar-refractivity contribution in [2.75, 3.05) is 18.7 Å². The van der Waals surface area contributed by atoms with Crippen molar-refractivity contribution in [3.63, 3.8) is 0 Å². The zero-order chi connectivity index (χ0) is 24.4. The van der Waals surface area contributed by atoms with Crippen LogP contribution in [-0.2, 0) is 15.6 Å². The summed E-state index contributed by atoms with van der Waals surface area (Å²) in [6, 6.07) is 3.56. The molecule has 1 saturated heterocycles. The standard InChI is InChI=1S/C16H17N7O2S/c1-2-26(24,25)22-9-16(10-22,4-5-17)23-8-12(7-21-23)14-13-3-6-18-15(13)20-11-19-14/h3,6-8,11H,2,4,9-10H2,1H3,(H,18,19,20)/i1D3,2D2,9D2. The number of aromatic amines is 1. The van der Waals surface area contributed by atoms with Crippen molar-refractivity contribution < 1.29 is 18.0 Å². The highest BCUT2D eigenvalue weighted by atomic mass is 32.2. The maximum absolute atomic E-state index is 12.8. The van der Waals surface area contributed by atoms with Crippen molar-refractivity contribution in [3.05, 3.63) is 31.0 Å². The monoisotopic (exact) mass is 378 g/mol. The summed E-state index contributed by atoms with van der Waals surface area (Å²) in [4.78, 5) is 11.2. The average Bonchev–Trinajstić information content (AvgIpc) is 3.38. The first-order valence-corrected chi connectivity index (χ1v) is 8.88. The van der Waals surface area contributed by atoms with Gasteiger partial charge in [-0.15, -0.1) is 0 Å². The molecule has 9 nitrogen and oxygen atoms in total. The van der Waals surface area contributed by atoms with Gasteiger partial charge in [0.2, 0.25) is 10.0 Å². The SMILES string of the molecule is [2H]C([2H])([2H])C([2H])([2H])S(=O)(=O)N1CC(CC#N)(n2cc(-c3ncnc4[nH]ccc34)cn2)C1([2H])[2H]. The maximum Gasteiger partial charge on any atom is 0.213 e. The molecule has 26 heavy (non-hydrogen) atoms. The Morgan fingerprint density at radius 2 is 2.46 bits per heavy atom. The molecule has 0 amide bonds. The Morgan fingerprint density at radius 1 is 1.58 bits per heavy atom. The molecule has 4 heterocycles. The van der Waals surface area contributed by atoms with E-state index in [4.69, 9.17) is 9.60 Å². The number of nitriles is 1. The lowest BCUT2D eigenvalue weighted by Gasteiger charge is -2.47. The lowest BCUT2D eigenvalue weighted by molar-refractivity contribution is 0.0719. The van der Waals surface area contributed by atoms with E-state index in [9.17, 15) is 13.7 Å². The van der Waals surface area contributed by atoms with E-state index in [0.717, 1.165) is 4.68 Å². The summed E-state index contributed by atoms with van der Waals surface area (Å²) in [6.45, 7) is -7.09. The predicted octanol–water partition coefficient (Wildman–Crippen LogP) is 1.10. The van der Waals surface area contributed by atoms with Crippen molar-refractivity contribution in [1.29, 1.82) is 5.26 Å². The Bertz CT molecular complexity index is 1380. The second-order valence-electron chi connectivity index (χ2n) is 5.73. The molecule has 0 bridgehead atoms. The third-order valence-corrected chi connectivity index (χ3v) is 5.24. The maximum atomic E-state index is 12.8. The molecule has 1 aliphatic heterocycles. The fourth-order valence-corrected chi connectivity index (χ4v) is 3.65. The van der Waals surface area contributed by atoms with Crippen molar-refractivity contribution in [2.24, 2.45) is 0 Å². The summed E-state index contributed by atoms with van der Waals surface area (Å²) < 4.78 is 80.8. The lowest BCUT2D eigenvalue weighted by Crippen LogP contribution is -2.64. The number of nitrogens with one attached hydrogen (secondary N) is 1. The van der Waals surface area contributed by atoms with E-state index in [1.54, 1.807) is 12.3 Å². The van der Waals surface area contributed by atoms with E-state index >= 15 is 0 Å². The minimum atomic E-state index is -5.28. The third-order valence-electron chi connectivity index (χ3n) is 4.18. The van der Waals surface area contributed by atoms with Gasteiger partial charge in [0.1, 0.15) is 17.5 Å². The molecule has 4 rings (SSSR count). The average molecular weight is 378 g/mol. The summed E-state index contributed by atoms with van der Waals surface area (Å²) in [7, 11) is -5.28. The van der Waals surface area contributed by atoms with Gasteiger partial charge in [-0.2, -0.15) is 14.7 Å². The predicted molar refractivity (Wildman–Crippen MR) is 94.3 cm³/mol. The quantitative estimate of drug-likeness (QED) is 0.709. The number of hydrogen-bond acceptors (Lipinski definition) is 6. The van der Waals surface area contributed by atoms with Gasteiger partial charge in [0.25, 0.3) is 0 Å². The molecule has 3 aromatic rings. The Morgan fingerprint density at radius 3 is 3.23 bits per heavy atom. The molecular weight excluding hydrogens is 354 g/mol. The summed E-state index contributed by atoms with van der Waals surface area (Å²) in [5.74, 6) is 0. The van der Waals surface area contributed by atoms with Crippen LogP contribution >= 0.6 is 0 Å². The van der Waals surface area contributed by atoms with Gasteiger partial charge in [0.15, 0.2) is 0 Å². The molecule has 0 aliphatic carbocycles. The van der Waals surface area contributed by atoms with Gasteiger partial charge in [-0.25, -0.2) is 18.4 Å². The zero-order valence-corrected chi connectivity index (χ0v) is 14.0. The van der Waals surface area contributed by atoms with E-state index in [0.29, 0.717) is 22.3 Å². The van der Waals surface area contributed by atoms with Crippen LogP contribution in [0.2, 0.25) is 0 Å². The second kappa shape index (κ2) is 5.89. The lowest BCUT2D eigenvalue weighted by atomic mass is 9.89. The fraction of sp³-hybridized carbons (Fsp3) is 0.375. The molecule has 0 spiro atoms. The molecule has 0 aromatic carbocycles. The summed E-state index contributed by atoms with van der Waals surface area (Å²) in [5, 5.41) is 14.2. The molecule has 1 fully saturated rings. The molecule has 3 aromatic heterocycles. The zero-order valence-electron chi connectivity index (χ0n) is 20.2. The molecule has 1 aliphatic rings. The van der Waals surface area contributed by atoms with Crippen LogP contribution < -0.4 is 0 Å². The van der Waals surface area contributed by atoms with E-state index in [1.165, 1.54) is 18.7 Å². The number of sulfonamides is 1. The number of fused-ring (bicyclic) bond motifs is 1. The van der Waals surface area contributed by atoms with Gasteiger partial charge >= 0.3 is 0 Å². The summed E-state index contributed by atoms with van der Waals surface area (Å²) in [5.41, 5.74) is -4.07. The number of rotatable bonds is 5. The van der Waals surface area contributed by atoms with Crippen LogP contribution in [0.15, 0.2) is 31.0 Å². The van der Waals surface area contributed by atoms with Crippen LogP contribution in [0.3, 0.4) is 0 Å². The number of nitrogens with zero attached hydrogens (tertiary/aromatic N) is 6. The van der Waals surface area contributed by atoms with Gasteiger partial charge < -0.3 is 4.98 Å². The minimum Gasteiger partial charge on any atom is -0.346 e. The van der Waals surface area contributed by atoms with Gasteiger partial charge in [-0.1, -0.05) is 0 Å². The minimum absolute atomic E-state index is 0.139. The van der Waals surface area contributed by atoms with Gasteiger partial charge in [0, 0.05) is 46.0 Å². The first-order chi connectivity index (χ1) is 15.2. The number of aromatic nitrogens is 5. The molecular formula is C16H17N7O2S. The Labute approximate surface area is 160 Å². The van der Waals surface area contributed by atoms with E-state index in [2.05, 4.69) is 20.1 Å². The van der Waals surface area contributed by atoms with E-state index in [-0.39, 0.29) is 4.31 Å². The number of hydrogen-bond donors (Lipinski definition) is 1. The Balaban J connectivity index is 1.76. The first-order valence-electron chi connectivity index (χ1n) is 10.9. The Hall–Kier alpha value is -2.77. The topological polar surface area (TPSA) is 121 Å². The van der Waals surface area contributed by atoms with Crippen molar-refractivity contribution in [1.82, 2.24) is 29.0 Å². The van der Waals surface area contributed by atoms with Gasteiger partial charge in [-0.05, 0) is 12.9 Å². The molecule has 0 saturated carbocycles. The highest BCUT2D eigenvalue weighted by Crippen LogP contribution is 2.35. The molecule has 0 radical (unpaired) electrons. The summed E-state index contributed by atoms with van der Waals surface area (Å²) in [6.07, 6.45) is 5.27. The van der Waals surface area contributed by atoms with E-state index in [1.807, 2.05) is 6.07 Å². The molecule has 1 unspecified atom stereocenters.